The molecular formula is C45H25N5. The van der Waals surface area contributed by atoms with E-state index in [9.17, 15) is 15.8 Å². The predicted molar refractivity (Wildman–Crippen MR) is 200 cm³/mol. The number of para-hydroxylation sites is 2. The molecule has 0 bridgehead atoms. The number of rotatable bonds is 4. The first-order valence-electron chi connectivity index (χ1n) is 16.3. The molecule has 2 aromatic heterocycles. The lowest BCUT2D eigenvalue weighted by molar-refractivity contribution is 1.18. The summed E-state index contributed by atoms with van der Waals surface area (Å²) in [4.78, 5) is 0. The Kier molecular flexibility index (Phi) is 6.56. The molecule has 50 heavy (non-hydrogen) atoms. The van der Waals surface area contributed by atoms with Crippen LogP contribution in [0.5, 0.6) is 0 Å². The topological polar surface area (TPSA) is 81.2 Å². The van der Waals surface area contributed by atoms with E-state index in [4.69, 9.17) is 0 Å². The lowest BCUT2D eigenvalue weighted by atomic mass is 9.97. The Morgan fingerprint density at radius 2 is 1.04 bits per heavy atom. The zero-order chi connectivity index (χ0) is 33.8. The minimum absolute atomic E-state index is 0.576. The summed E-state index contributed by atoms with van der Waals surface area (Å²) in [5.41, 5.74) is 11.9. The van der Waals surface area contributed by atoms with E-state index < -0.39 is 0 Å². The highest BCUT2D eigenvalue weighted by Crippen LogP contribution is 2.39. The van der Waals surface area contributed by atoms with Gasteiger partial charge in [-0.25, -0.2) is 0 Å². The molecule has 9 aromatic rings. The van der Waals surface area contributed by atoms with E-state index in [-0.39, 0.29) is 0 Å². The first-order valence-corrected chi connectivity index (χ1v) is 16.3. The van der Waals surface area contributed by atoms with E-state index in [1.165, 1.54) is 0 Å². The molecule has 0 aliphatic rings. The van der Waals surface area contributed by atoms with Crippen LogP contribution in [0.3, 0.4) is 0 Å². The van der Waals surface area contributed by atoms with Crippen LogP contribution in [0.15, 0.2) is 152 Å². The lowest BCUT2D eigenvalue weighted by Gasteiger charge is -2.15. The van der Waals surface area contributed by atoms with Crippen molar-refractivity contribution >= 4 is 43.6 Å². The minimum Gasteiger partial charge on any atom is -0.309 e. The number of aromatic nitrogens is 2. The van der Waals surface area contributed by atoms with E-state index in [0.29, 0.717) is 16.7 Å². The first-order chi connectivity index (χ1) is 24.7. The van der Waals surface area contributed by atoms with E-state index in [0.717, 1.165) is 77.2 Å². The molecule has 5 nitrogen and oxygen atoms in total. The quantitative estimate of drug-likeness (QED) is 0.193. The minimum atomic E-state index is 0.576. The summed E-state index contributed by atoms with van der Waals surface area (Å²) >= 11 is 0. The number of hydrogen-bond acceptors (Lipinski definition) is 3. The molecule has 7 aromatic carbocycles. The summed E-state index contributed by atoms with van der Waals surface area (Å²) in [6.45, 7) is 0. The Bertz CT molecular complexity index is 2960. The second-order valence-corrected chi connectivity index (χ2v) is 12.3. The van der Waals surface area contributed by atoms with Crippen molar-refractivity contribution in [1.82, 2.24) is 9.13 Å². The Balaban J connectivity index is 1.17. The van der Waals surface area contributed by atoms with Gasteiger partial charge >= 0.3 is 0 Å². The summed E-state index contributed by atoms with van der Waals surface area (Å²) in [5, 5.41) is 33.5. The molecule has 0 saturated heterocycles. The number of nitrogens with zero attached hydrogens (tertiary/aromatic N) is 5. The molecule has 0 atom stereocenters. The molecule has 0 radical (unpaired) electrons. The molecule has 0 amide bonds. The van der Waals surface area contributed by atoms with Gasteiger partial charge in [-0.15, -0.1) is 0 Å². The van der Waals surface area contributed by atoms with Crippen molar-refractivity contribution in [2.45, 2.75) is 0 Å². The number of benzene rings is 7. The molecule has 0 unspecified atom stereocenters. The van der Waals surface area contributed by atoms with Crippen LogP contribution in [0.4, 0.5) is 0 Å². The van der Waals surface area contributed by atoms with Crippen molar-refractivity contribution in [2.75, 3.05) is 0 Å². The zero-order valence-electron chi connectivity index (χ0n) is 26.7. The molecule has 0 fully saturated rings. The summed E-state index contributed by atoms with van der Waals surface area (Å²) < 4.78 is 4.46. The summed E-state index contributed by atoms with van der Waals surface area (Å²) in [7, 11) is 0. The molecule has 0 saturated carbocycles. The fourth-order valence-corrected chi connectivity index (χ4v) is 7.39. The SMILES string of the molecule is N#Cc1ccc(-n2c3ccccc3c3c(C#N)cccc32)c(-c2ccc(-c3cccc(-n4c5ccccc5c5cc(C#N)ccc54)c3)cc2)c1. The van der Waals surface area contributed by atoms with Crippen LogP contribution in [-0.2, 0) is 0 Å². The van der Waals surface area contributed by atoms with Crippen molar-refractivity contribution < 1.29 is 0 Å². The third-order valence-corrected chi connectivity index (χ3v) is 9.62. The molecule has 2 heterocycles. The predicted octanol–water partition coefficient (Wildman–Crippen LogP) is 10.8. The standard InChI is InChI=1S/C45H25N5/c46-26-29-15-21-42(50-41-13-4-2-11-37(41)45-34(28-48)8-6-14-44(45)50)38(23-29)32-19-17-31(18-20-32)33-7-5-9-35(25-33)49-40-12-3-1-10-36(40)39-24-30(27-47)16-22-43(39)49/h1-25H. The maximum Gasteiger partial charge on any atom is 0.0998 e. The van der Waals surface area contributed by atoms with Crippen LogP contribution in [0, 0.1) is 34.0 Å². The Morgan fingerprint density at radius 3 is 1.82 bits per heavy atom. The van der Waals surface area contributed by atoms with E-state index in [1.54, 1.807) is 0 Å². The average molecular weight is 636 g/mol. The average Bonchev–Trinajstić information content (AvgIpc) is 3.70. The van der Waals surface area contributed by atoms with Gasteiger partial charge in [-0.2, -0.15) is 15.8 Å². The van der Waals surface area contributed by atoms with Crippen LogP contribution in [-0.4, -0.2) is 9.13 Å². The van der Waals surface area contributed by atoms with Crippen LogP contribution < -0.4 is 0 Å². The fourth-order valence-electron chi connectivity index (χ4n) is 7.39. The van der Waals surface area contributed by atoms with Gasteiger partial charge in [0.05, 0.1) is 62.7 Å². The highest BCUT2D eigenvalue weighted by Gasteiger charge is 2.19. The second-order valence-electron chi connectivity index (χ2n) is 12.3. The number of nitriles is 3. The van der Waals surface area contributed by atoms with Gasteiger partial charge < -0.3 is 9.13 Å². The van der Waals surface area contributed by atoms with Gasteiger partial charge in [0, 0.05) is 32.8 Å². The lowest BCUT2D eigenvalue weighted by Crippen LogP contribution is -1.98. The van der Waals surface area contributed by atoms with E-state index in [1.807, 2.05) is 78.9 Å². The second kappa shape index (κ2) is 11.4. The van der Waals surface area contributed by atoms with Crippen molar-refractivity contribution in [3.05, 3.63) is 168 Å². The first kappa shape index (κ1) is 28.8. The monoisotopic (exact) mass is 635 g/mol. The maximum absolute atomic E-state index is 9.97. The van der Waals surface area contributed by atoms with Gasteiger partial charge in [0.25, 0.3) is 0 Å². The Morgan fingerprint density at radius 1 is 0.400 bits per heavy atom. The van der Waals surface area contributed by atoms with Crippen molar-refractivity contribution in [3.8, 4) is 51.8 Å². The molecule has 0 aliphatic carbocycles. The van der Waals surface area contributed by atoms with Gasteiger partial charge in [0.2, 0.25) is 0 Å². The fraction of sp³-hybridized carbons (Fsp3) is 0. The highest BCUT2D eigenvalue weighted by atomic mass is 15.0. The maximum atomic E-state index is 9.97. The largest absolute Gasteiger partial charge is 0.309 e. The van der Waals surface area contributed by atoms with Gasteiger partial charge in [-0.05, 0) is 89.5 Å². The van der Waals surface area contributed by atoms with Gasteiger partial charge in [0.1, 0.15) is 0 Å². The summed E-state index contributed by atoms with van der Waals surface area (Å²) in [6, 6.07) is 57.9. The Labute approximate surface area is 287 Å². The van der Waals surface area contributed by atoms with Crippen LogP contribution in [0.2, 0.25) is 0 Å². The van der Waals surface area contributed by atoms with Gasteiger partial charge in [-0.1, -0.05) is 78.9 Å². The van der Waals surface area contributed by atoms with Gasteiger partial charge in [-0.3, -0.25) is 0 Å². The van der Waals surface area contributed by atoms with Crippen LogP contribution in [0.1, 0.15) is 16.7 Å². The van der Waals surface area contributed by atoms with Crippen LogP contribution >= 0.6 is 0 Å². The van der Waals surface area contributed by atoms with Crippen molar-refractivity contribution in [2.24, 2.45) is 0 Å². The summed E-state index contributed by atoms with van der Waals surface area (Å²) in [5.74, 6) is 0. The third kappa shape index (κ3) is 4.38. The van der Waals surface area contributed by atoms with E-state index in [2.05, 4.69) is 100 Å². The molecule has 230 valence electrons. The molecule has 0 aliphatic heterocycles. The smallest absolute Gasteiger partial charge is 0.0998 e. The molecule has 0 spiro atoms. The van der Waals surface area contributed by atoms with Crippen molar-refractivity contribution in [3.63, 3.8) is 0 Å². The zero-order valence-corrected chi connectivity index (χ0v) is 26.7. The number of hydrogen-bond donors (Lipinski definition) is 0. The van der Waals surface area contributed by atoms with Crippen molar-refractivity contribution in [1.29, 1.82) is 15.8 Å². The van der Waals surface area contributed by atoms with Gasteiger partial charge in [0.15, 0.2) is 0 Å². The molecule has 0 N–H and O–H groups in total. The summed E-state index contributed by atoms with van der Waals surface area (Å²) in [6.07, 6.45) is 0. The normalized spacial score (nSPS) is 11.1. The third-order valence-electron chi connectivity index (χ3n) is 9.62. The Hall–Kier alpha value is -7.39. The van der Waals surface area contributed by atoms with E-state index >= 15 is 0 Å². The highest BCUT2D eigenvalue weighted by molar-refractivity contribution is 6.12. The molecule has 5 heteroatoms. The molecular weight excluding hydrogens is 611 g/mol. The number of fused-ring (bicyclic) bond motifs is 6. The van der Waals surface area contributed by atoms with Crippen LogP contribution in [0.25, 0.3) is 77.2 Å². The molecule has 9 rings (SSSR count).